The van der Waals surface area contributed by atoms with Gasteiger partial charge in [-0.2, -0.15) is 0 Å². The molecule has 0 unspecified atom stereocenters. The number of aryl methyl sites for hydroxylation is 2. The van der Waals surface area contributed by atoms with E-state index in [-0.39, 0.29) is 10.8 Å². The largest absolute Gasteiger partial charge is 0.352 e. The Balaban J connectivity index is 1.66. The van der Waals surface area contributed by atoms with Gasteiger partial charge < -0.3 is 10.2 Å². The Morgan fingerprint density at radius 1 is 1.07 bits per heavy atom. The highest BCUT2D eigenvalue weighted by Crippen LogP contribution is 2.23. The van der Waals surface area contributed by atoms with Crippen molar-refractivity contribution in [3.8, 4) is 0 Å². The van der Waals surface area contributed by atoms with Crippen molar-refractivity contribution in [3.63, 3.8) is 0 Å². The number of sulfonamides is 1. The topological polar surface area (TPSA) is 78.5 Å². The van der Waals surface area contributed by atoms with Gasteiger partial charge in [0.15, 0.2) is 0 Å². The van der Waals surface area contributed by atoms with Gasteiger partial charge in [-0.15, -0.1) is 0 Å². The van der Waals surface area contributed by atoms with E-state index in [1.165, 1.54) is 6.07 Å². The highest BCUT2D eigenvalue weighted by molar-refractivity contribution is 7.92. The summed E-state index contributed by atoms with van der Waals surface area (Å²) in [7, 11) is -1.67. The predicted molar refractivity (Wildman–Crippen MR) is 120 cm³/mol. The molecule has 6 nitrogen and oxygen atoms in total. The molecule has 2 aromatic rings. The third-order valence-corrected chi connectivity index (χ3v) is 7.31. The maximum atomic E-state index is 12.9. The van der Waals surface area contributed by atoms with E-state index in [1.807, 2.05) is 19.1 Å². The van der Waals surface area contributed by atoms with Gasteiger partial charge in [-0.1, -0.05) is 24.3 Å². The molecule has 7 heteroatoms. The molecular weight excluding hydrogens is 398 g/mol. The molecule has 0 aliphatic carbocycles. The summed E-state index contributed by atoms with van der Waals surface area (Å²) in [5.41, 5.74) is 2.32. The molecule has 1 saturated heterocycles. The van der Waals surface area contributed by atoms with Gasteiger partial charge >= 0.3 is 0 Å². The Morgan fingerprint density at radius 3 is 2.47 bits per heavy atom. The SMILES string of the molecule is Cc1ccccc1NS(=O)(=O)c1cc(C(=O)NCCC2CCN(C)CC2)ccc1C. The molecule has 1 amide bonds. The quantitative estimate of drug-likeness (QED) is 0.705. The van der Waals surface area contributed by atoms with E-state index in [0.717, 1.165) is 37.9 Å². The number of rotatable bonds is 7. The van der Waals surface area contributed by atoms with Crippen LogP contribution >= 0.6 is 0 Å². The third-order valence-electron chi connectivity index (χ3n) is 5.81. The average molecular weight is 430 g/mol. The number of amides is 1. The van der Waals surface area contributed by atoms with E-state index >= 15 is 0 Å². The van der Waals surface area contributed by atoms with Gasteiger partial charge in [0.1, 0.15) is 0 Å². The summed E-state index contributed by atoms with van der Waals surface area (Å²) in [6, 6.07) is 12.0. The number of piperidine rings is 1. The molecule has 30 heavy (non-hydrogen) atoms. The molecule has 0 spiro atoms. The van der Waals surface area contributed by atoms with Gasteiger partial charge in [0.2, 0.25) is 0 Å². The first-order chi connectivity index (χ1) is 14.3. The van der Waals surface area contributed by atoms with Crippen LogP contribution in [0.3, 0.4) is 0 Å². The Kier molecular flexibility index (Phi) is 7.15. The summed E-state index contributed by atoms with van der Waals surface area (Å²) in [5, 5.41) is 2.95. The van der Waals surface area contributed by atoms with Crippen LogP contribution in [0.5, 0.6) is 0 Å². The third kappa shape index (κ3) is 5.61. The fourth-order valence-corrected chi connectivity index (χ4v) is 5.16. The number of likely N-dealkylation sites (tertiary alicyclic amines) is 1. The molecular formula is C23H31N3O3S. The molecule has 0 saturated carbocycles. The number of hydrogen-bond donors (Lipinski definition) is 2. The van der Waals surface area contributed by atoms with E-state index in [2.05, 4.69) is 22.0 Å². The van der Waals surface area contributed by atoms with E-state index < -0.39 is 10.0 Å². The summed E-state index contributed by atoms with van der Waals surface area (Å²) >= 11 is 0. The maximum absolute atomic E-state index is 12.9. The Bertz CT molecular complexity index is 997. The first kappa shape index (κ1) is 22.3. The normalized spacial score (nSPS) is 15.7. The van der Waals surface area contributed by atoms with Crippen LogP contribution in [-0.2, 0) is 10.0 Å². The zero-order chi connectivity index (χ0) is 21.7. The Labute approximate surface area is 179 Å². The number of nitrogens with zero attached hydrogens (tertiary/aromatic N) is 1. The van der Waals surface area contributed by atoms with Crippen LogP contribution in [0, 0.1) is 19.8 Å². The molecule has 1 aliphatic heterocycles. The minimum atomic E-state index is -3.80. The van der Waals surface area contributed by atoms with E-state index in [0.29, 0.717) is 29.3 Å². The maximum Gasteiger partial charge on any atom is 0.262 e. The molecule has 2 N–H and O–H groups in total. The number of nitrogens with one attached hydrogen (secondary N) is 2. The van der Waals surface area contributed by atoms with Crippen molar-refractivity contribution in [1.29, 1.82) is 0 Å². The molecule has 0 radical (unpaired) electrons. The summed E-state index contributed by atoms with van der Waals surface area (Å²) in [6.45, 7) is 6.38. The van der Waals surface area contributed by atoms with E-state index in [4.69, 9.17) is 0 Å². The molecule has 1 aliphatic rings. The van der Waals surface area contributed by atoms with Gasteiger partial charge in [0.25, 0.3) is 15.9 Å². The lowest BCUT2D eigenvalue weighted by Crippen LogP contribution is -2.32. The summed E-state index contributed by atoms with van der Waals surface area (Å²) in [4.78, 5) is 15.1. The number of para-hydroxylation sites is 1. The fourth-order valence-electron chi connectivity index (χ4n) is 3.76. The first-order valence-electron chi connectivity index (χ1n) is 10.4. The average Bonchev–Trinajstić information content (AvgIpc) is 2.71. The molecule has 2 aromatic carbocycles. The summed E-state index contributed by atoms with van der Waals surface area (Å²) in [5.74, 6) is 0.393. The zero-order valence-corrected chi connectivity index (χ0v) is 18.8. The number of carbonyl (C=O) groups excluding carboxylic acids is 1. The van der Waals surface area contributed by atoms with Crippen molar-refractivity contribution in [2.24, 2.45) is 5.92 Å². The summed E-state index contributed by atoms with van der Waals surface area (Å²) < 4.78 is 28.5. The lowest BCUT2D eigenvalue weighted by Gasteiger charge is -2.28. The second kappa shape index (κ2) is 9.62. The Morgan fingerprint density at radius 2 is 1.77 bits per heavy atom. The predicted octanol–water partition coefficient (Wildman–Crippen LogP) is 3.57. The second-order valence-electron chi connectivity index (χ2n) is 8.19. The van der Waals surface area contributed by atoms with Crippen LogP contribution in [0.15, 0.2) is 47.4 Å². The van der Waals surface area contributed by atoms with Crippen molar-refractivity contribution in [2.45, 2.75) is 38.0 Å². The van der Waals surface area contributed by atoms with Crippen LogP contribution < -0.4 is 10.0 Å². The van der Waals surface area contributed by atoms with Crippen LogP contribution in [0.25, 0.3) is 0 Å². The van der Waals surface area contributed by atoms with Crippen molar-refractivity contribution in [1.82, 2.24) is 10.2 Å². The van der Waals surface area contributed by atoms with Gasteiger partial charge in [-0.05, 0) is 88.5 Å². The smallest absolute Gasteiger partial charge is 0.262 e. The molecule has 0 atom stereocenters. The van der Waals surface area contributed by atoms with Crippen LogP contribution in [0.4, 0.5) is 5.69 Å². The molecule has 0 aromatic heterocycles. The highest BCUT2D eigenvalue weighted by atomic mass is 32.2. The van der Waals surface area contributed by atoms with Crippen molar-refractivity contribution < 1.29 is 13.2 Å². The number of anilines is 1. The van der Waals surface area contributed by atoms with Gasteiger partial charge in [0.05, 0.1) is 10.6 Å². The molecule has 0 bridgehead atoms. The van der Waals surface area contributed by atoms with Crippen molar-refractivity contribution >= 4 is 21.6 Å². The number of hydrogen-bond acceptors (Lipinski definition) is 4. The minimum Gasteiger partial charge on any atom is -0.352 e. The minimum absolute atomic E-state index is 0.119. The van der Waals surface area contributed by atoms with Crippen LogP contribution in [0.1, 0.15) is 40.7 Å². The molecule has 3 rings (SSSR count). The standard InChI is InChI=1S/C23H31N3O3S/c1-17-6-4-5-7-21(17)25-30(28,29)22-16-20(9-8-18(22)2)23(27)24-13-10-19-11-14-26(3)15-12-19/h4-9,16,19,25H,10-15H2,1-3H3,(H,24,27). The number of carbonyl (C=O) groups is 1. The fraction of sp³-hybridized carbons (Fsp3) is 0.435. The lowest BCUT2D eigenvalue weighted by molar-refractivity contribution is 0.0948. The van der Waals surface area contributed by atoms with Crippen molar-refractivity contribution in [3.05, 3.63) is 59.2 Å². The van der Waals surface area contributed by atoms with E-state index in [1.54, 1.807) is 31.2 Å². The van der Waals surface area contributed by atoms with Gasteiger partial charge in [-0.25, -0.2) is 8.42 Å². The van der Waals surface area contributed by atoms with Crippen LogP contribution in [-0.4, -0.2) is 45.9 Å². The first-order valence-corrected chi connectivity index (χ1v) is 11.9. The Hall–Kier alpha value is -2.38. The number of benzene rings is 2. The molecule has 162 valence electrons. The lowest BCUT2D eigenvalue weighted by atomic mass is 9.94. The van der Waals surface area contributed by atoms with Crippen molar-refractivity contribution in [2.75, 3.05) is 31.4 Å². The molecule has 1 fully saturated rings. The zero-order valence-electron chi connectivity index (χ0n) is 17.9. The van der Waals surface area contributed by atoms with Crippen LogP contribution in [0.2, 0.25) is 0 Å². The molecule has 1 heterocycles. The highest BCUT2D eigenvalue weighted by Gasteiger charge is 2.21. The van der Waals surface area contributed by atoms with E-state index in [9.17, 15) is 13.2 Å². The van der Waals surface area contributed by atoms with Gasteiger partial charge in [-0.3, -0.25) is 9.52 Å². The second-order valence-corrected chi connectivity index (χ2v) is 9.84. The summed E-state index contributed by atoms with van der Waals surface area (Å²) in [6.07, 6.45) is 3.26. The monoisotopic (exact) mass is 429 g/mol. The van der Waals surface area contributed by atoms with Gasteiger partial charge in [0, 0.05) is 12.1 Å².